The molecule has 1 N–H and O–H groups in total. The van der Waals surface area contributed by atoms with Crippen LogP contribution >= 0.6 is 34.2 Å². The Morgan fingerprint density at radius 1 is 1.37 bits per heavy atom. The van der Waals surface area contributed by atoms with Gasteiger partial charge < -0.3 is 5.32 Å². The maximum Gasteiger partial charge on any atom is 0.252 e. The molecule has 0 saturated heterocycles. The van der Waals surface area contributed by atoms with E-state index in [0.717, 1.165) is 22.0 Å². The van der Waals surface area contributed by atoms with E-state index in [1.54, 1.807) is 6.07 Å². The van der Waals surface area contributed by atoms with Crippen molar-refractivity contribution in [2.75, 3.05) is 6.54 Å². The first-order valence-electron chi connectivity index (χ1n) is 6.86. The molecule has 2 fully saturated rings. The molecule has 2 saturated carbocycles. The number of hydrogen-bond acceptors (Lipinski definition) is 1. The summed E-state index contributed by atoms with van der Waals surface area (Å²) in [7, 11) is 0. The van der Waals surface area contributed by atoms with Crippen LogP contribution in [0.25, 0.3) is 0 Å². The van der Waals surface area contributed by atoms with E-state index in [4.69, 9.17) is 11.6 Å². The SMILES string of the molecule is O=C(NCC1CC2CCC1C2)c1cc(Cl)ccc1I. The van der Waals surface area contributed by atoms with Crippen LogP contribution in [-0.4, -0.2) is 12.5 Å². The lowest BCUT2D eigenvalue weighted by atomic mass is 9.89. The first-order valence-corrected chi connectivity index (χ1v) is 8.32. The molecule has 1 amide bonds. The fourth-order valence-corrected chi connectivity index (χ4v) is 4.37. The highest BCUT2D eigenvalue weighted by atomic mass is 127. The Hall–Kier alpha value is -0.290. The average Bonchev–Trinajstić information content (AvgIpc) is 3.01. The third kappa shape index (κ3) is 2.92. The van der Waals surface area contributed by atoms with Crippen molar-refractivity contribution >= 4 is 40.1 Å². The second-order valence-electron chi connectivity index (χ2n) is 5.77. The molecule has 102 valence electrons. The summed E-state index contributed by atoms with van der Waals surface area (Å²) in [5.74, 6) is 2.48. The number of hydrogen-bond donors (Lipinski definition) is 1. The number of carbonyl (C=O) groups is 1. The molecule has 0 radical (unpaired) electrons. The topological polar surface area (TPSA) is 29.1 Å². The van der Waals surface area contributed by atoms with Crippen molar-refractivity contribution in [3.05, 3.63) is 32.4 Å². The first-order chi connectivity index (χ1) is 9.13. The van der Waals surface area contributed by atoms with Crippen molar-refractivity contribution < 1.29 is 4.79 Å². The molecule has 0 aliphatic heterocycles. The van der Waals surface area contributed by atoms with E-state index in [1.807, 2.05) is 12.1 Å². The molecule has 1 aromatic carbocycles. The average molecular weight is 390 g/mol. The number of amides is 1. The second-order valence-corrected chi connectivity index (χ2v) is 7.37. The van der Waals surface area contributed by atoms with E-state index < -0.39 is 0 Å². The van der Waals surface area contributed by atoms with Gasteiger partial charge >= 0.3 is 0 Å². The molecule has 2 aliphatic rings. The van der Waals surface area contributed by atoms with Crippen LogP contribution in [0.15, 0.2) is 18.2 Å². The van der Waals surface area contributed by atoms with Crippen molar-refractivity contribution in [2.24, 2.45) is 17.8 Å². The Labute approximate surface area is 132 Å². The van der Waals surface area contributed by atoms with E-state index in [2.05, 4.69) is 27.9 Å². The zero-order chi connectivity index (χ0) is 13.4. The normalized spacial score (nSPS) is 28.6. The molecule has 4 heteroatoms. The predicted octanol–water partition coefficient (Wildman–Crippen LogP) is 4.11. The number of halogens is 2. The van der Waals surface area contributed by atoms with E-state index in [1.165, 1.54) is 25.7 Å². The van der Waals surface area contributed by atoms with Crippen LogP contribution in [-0.2, 0) is 0 Å². The summed E-state index contributed by atoms with van der Waals surface area (Å²) in [5.41, 5.74) is 0.691. The van der Waals surface area contributed by atoms with Gasteiger partial charge in [-0.3, -0.25) is 4.79 Å². The van der Waals surface area contributed by atoms with E-state index in [-0.39, 0.29) is 5.91 Å². The molecule has 19 heavy (non-hydrogen) atoms. The molecule has 2 aliphatic carbocycles. The molecule has 3 unspecified atom stereocenters. The quantitative estimate of drug-likeness (QED) is 0.775. The predicted molar refractivity (Wildman–Crippen MR) is 85.4 cm³/mol. The molecule has 2 bridgehead atoms. The number of fused-ring (bicyclic) bond motifs is 2. The van der Waals surface area contributed by atoms with Gasteiger partial charge in [0.2, 0.25) is 0 Å². The number of rotatable bonds is 3. The van der Waals surface area contributed by atoms with Crippen LogP contribution in [0.4, 0.5) is 0 Å². The Kier molecular flexibility index (Phi) is 4.03. The number of benzene rings is 1. The van der Waals surface area contributed by atoms with Gasteiger partial charge in [-0.2, -0.15) is 0 Å². The van der Waals surface area contributed by atoms with Gasteiger partial charge in [-0.25, -0.2) is 0 Å². The molecule has 0 spiro atoms. The van der Waals surface area contributed by atoms with Gasteiger partial charge in [0.25, 0.3) is 5.91 Å². The summed E-state index contributed by atoms with van der Waals surface area (Å²) in [6.45, 7) is 0.822. The zero-order valence-corrected chi connectivity index (χ0v) is 13.6. The standard InChI is InChI=1S/C15H17ClINO/c16-12-3-4-14(17)13(7-12)15(19)18-8-11-6-9-1-2-10(11)5-9/h3-4,7,9-11H,1-2,5-6,8H2,(H,18,19). The first kappa shape index (κ1) is 13.7. The van der Waals surface area contributed by atoms with Crippen molar-refractivity contribution in [1.29, 1.82) is 0 Å². The van der Waals surface area contributed by atoms with Crippen molar-refractivity contribution in [2.45, 2.75) is 25.7 Å². The number of carbonyl (C=O) groups excluding carboxylic acids is 1. The third-order valence-electron chi connectivity index (χ3n) is 4.58. The lowest BCUT2D eigenvalue weighted by Crippen LogP contribution is -2.32. The van der Waals surface area contributed by atoms with Gasteiger partial charge in [0.05, 0.1) is 5.56 Å². The lowest BCUT2D eigenvalue weighted by molar-refractivity contribution is 0.0941. The van der Waals surface area contributed by atoms with Crippen LogP contribution < -0.4 is 5.32 Å². The fraction of sp³-hybridized carbons (Fsp3) is 0.533. The highest BCUT2D eigenvalue weighted by Gasteiger charge is 2.39. The lowest BCUT2D eigenvalue weighted by Gasteiger charge is -2.22. The van der Waals surface area contributed by atoms with Gasteiger partial charge in [-0.15, -0.1) is 0 Å². The monoisotopic (exact) mass is 389 g/mol. The molecular formula is C15H17ClINO. The fourth-order valence-electron chi connectivity index (χ4n) is 3.62. The Balaban J connectivity index is 1.61. The summed E-state index contributed by atoms with van der Waals surface area (Å²) < 4.78 is 0.951. The number of nitrogens with one attached hydrogen (secondary N) is 1. The summed E-state index contributed by atoms with van der Waals surface area (Å²) in [6.07, 6.45) is 5.45. The van der Waals surface area contributed by atoms with E-state index in [0.29, 0.717) is 16.5 Å². The van der Waals surface area contributed by atoms with Gasteiger partial charge in [-0.1, -0.05) is 18.0 Å². The molecule has 0 heterocycles. The smallest absolute Gasteiger partial charge is 0.252 e. The van der Waals surface area contributed by atoms with Crippen molar-refractivity contribution in [3.8, 4) is 0 Å². The van der Waals surface area contributed by atoms with Crippen LogP contribution in [0.3, 0.4) is 0 Å². The minimum absolute atomic E-state index is 0.00896. The van der Waals surface area contributed by atoms with E-state index in [9.17, 15) is 4.79 Å². The maximum atomic E-state index is 12.2. The molecular weight excluding hydrogens is 373 g/mol. The summed E-state index contributed by atoms with van der Waals surface area (Å²) in [4.78, 5) is 12.2. The minimum Gasteiger partial charge on any atom is -0.352 e. The third-order valence-corrected chi connectivity index (χ3v) is 5.76. The summed E-state index contributed by atoms with van der Waals surface area (Å²) >= 11 is 8.14. The van der Waals surface area contributed by atoms with Crippen LogP contribution in [0, 0.1) is 21.3 Å². The van der Waals surface area contributed by atoms with Gasteiger partial charge in [0.15, 0.2) is 0 Å². The van der Waals surface area contributed by atoms with Crippen molar-refractivity contribution in [1.82, 2.24) is 5.32 Å². The molecule has 2 nitrogen and oxygen atoms in total. The molecule has 3 atom stereocenters. The van der Waals surface area contributed by atoms with Crippen molar-refractivity contribution in [3.63, 3.8) is 0 Å². The summed E-state index contributed by atoms with van der Waals surface area (Å²) in [6, 6.07) is 5.45. The Morgan fingerprint density at radius 2 is 2.21 bits per heavy atom. The minimum atomic E-state index is 0.00896. The highest BCUT2D eigenvalue weighted by molar-refractivity contribution is 14.1. The Bertz CT molecular complexity index is 505. The Morgan fingerprint density at radius 3 is 2.89 bits per heavy atom. The van der Waals surface area contributed by atoms with E-state index >= 15 is 0 Å². The van der Waals surface area contributed by atoms with Crippen LogP contribution in [0.2, 0.25) is 5.02 Å². The largest absolute Gasteiger partial charge is 0.352 e. The molecule has 3 rings (SSSR count). The van der Waals surface area contributed by atoms with Gasteiger partial charge in [0.1, 0.15) is 0 Å². The maximum absolute atomic E-state index is 12.2. The van der Waals surface area contributed by atoms with Gasteiger partial charge in [0, 0.05) is 15.1 Å². The van der Waals surface area contributed by atoms with Crippen LogP contribution in [0.5, 0.6) is 0 Å². The second kappa shape index (κ2) is 5.60. The zero-order valence-electron chi connectivity index (χ0n) is 10.7. The molecule has 0 aromatic heterocycles. The van der Waals surface area contributed by atoms with Crippen LogP contribution in [0.1, 0.15) is 36.0 Å². The summed E-state index contributed by atoms with van der Waals surface area (Å²) in [5, 5.41) is 3.71. The molecule has 1 aromatic rings. The van der Waals surface area contributed by atoms with Gasteiger partial charge in [-0.05, 0) is 77.8 Å². The highest BCUT2D eigenvalue weighted by Crippen LogP contribution is 2.47.